The Morgan fingerprint density at radius 2 is 2.14 bits per heavy atom. The number of halogens is 1. The molecule has 0 spiro atoms. The average Bonchev–Trinajstić information content (AvgIpc) is 2.45. The highest BCUT2D eigenvalue weighted by atomic mass is 79.9. The number of rotatable bonds is 3. The molecule has 1 aromatic rings. The number of hydrogen-bond acceptors (Lipinski definition) is 3. The molecule has 1 aromatic carbocycles. The van der Waals surface area contributed by atoms with Gasteiger partial charge in [-0.25, -0.2) is 0 Å². The largest absolute Gasteiger partial charge is 0.318 e. The summed E-state index contributed by atoms with van der Waals surface area (Å²) in [5, 5.41) is 2.24. The Morgan fingerprint density at radius 1 is 1.43 bits per heavy atom. The van der Waals surface area contributed by atoms with E-state index in [1.54, 1.807) is 13.0 Å². The summed E-state index contributed by atoms with van der Waals surface area (Å²) in [7, 11) is 0. The lowest BCUT2D eigenvalue weighted by Crippen LogP contribution is -2.59. The summed E-state index contributed by atoms with van der Waals surface area (Å²) in [5.41, 5.74) is 0.853. The van der Waals surface area contributed by atoms with E-state index in [2.05, 4.69) is 21.2 Å². The summed E-state index contributed by atoms with van der Waals surface area (Å²) in [6.07, 6.45) is 3.51. The third-order valence-electron chi connectivity index (χ3n) is 3.24. The number of imide groups is 1. The summed E-state index contributed by atoms with van der Waals surface area (Å²) >= 11 is 3.39. The molecule has 1 saturated heterocycles. The quantitative estimate of drug-likeness (QED) is 0.666. The van der Waals surface area contributed by atoms with Crippen LogP contribution >= 0.6 is 15.9 Å². The number of nitrogens with zero attached hydrogens (tertiary/aromatic N) is 1. The fraction of sp³-hybridized carbons (Fsp3) is 0.267. The molecule has 0 radical (unpaired) electrons. The van der Waals surface area contributed by atoms with Gasteiger partial charge in [-0.05, 0) is 24.1 Å². The van der Waals surface area contributed by atoms with Crippen LogP contribution in [0.25, 0.3) is 6.08 Å². The second-order valence-corrected chi connectivity index (χ2v) is 5.51. The zero-order valence-corrected chi connectivity index (χ0v) is 13.1. The molecule has 1 aliphatic rings. The predicted molar refractivity (Wildman–Crippen MR) is 82.1 cm³/mol. The number of piperazine rings is 1. The van der Waals surface area contributed by atoms with Gasteiger partial charge in [0.25, 0.3) is 0 Å². The zero-order chi connectivity index (χ0) is 15.4. The van der Waals surface area contributed by atoms with Crippen molar-refractivity contribution in [2.75, 3.05) is 6.54 Å². The van der Waals surface area contributed by atoms with Crippen LogP contribution < -0.4 is 5.32 Å². The first-order valence-electron chi connectivity index (χ1n) is 6.60. The van der Waals surface area contributed by atoms with Crippen molar-refractivity contribution in [2.45, 2.75) is 19.4 Å². The molecule has 1 fully saturated rings. The fourth-order valence-electron chi connectivity index (χ4n) is 2.17. The van der Waals surface area contributed by atoms with E-state index in [9.17, 15) is 14.4 Å². The van der Waals surface area contributed by atoms with Crippen LogP contribution in [0.4, 0.5) is 0 Å². The maximum absolute atomic E-state index is 12.2. The van der Waals surface area contributed by atoms with Gasteiger partial charge in [0.15, 0.2) is 0 Å². The van der Waals surface area contributed by atoms with Crippen LogP contribution in [0, 0.1) is 0 Å². The minimum absolute atomic E-state index is 0.0939. The standard InChI is InChI=1S/C15H15BrN2O3/c1-2-12-15(21)17-13(19)9-18(12)14(20)8-7-10-5-3-4-6-11(10)16/h3-8,12H,2,9H2,1H3,(H,17,19,21). The van der Waals surface area contributed by atoms with Crippen LogP contribution in [0.15, 0.2) is 34.8 Å². The molecule has 1 heterocycles. The molecule has 1 atom stereocenters. The number of benzene rings is 1. The number of hydrogen-bond donors (Lipinski definition) is 1. The van der Waals surface area contributed by atoms with Gasteiger partial charge in [-0.3, -0.25) is 19.7 Å². The maximum atomic E-state index is 12.2. The van der Waals surface area contributed by atoms with Crippen LogP contribution in [0.2, 0.25) is 0 Å². The molecule has 3 amide bonds. The van der Waals surface area contributed by atoms with E-state index in [-0.39, 0.29) is 12.5 Å². The average molecular weight is 351 g/mol. The number of carbonyl (C=O) groups excluding carboxylic acids is 3. The summed E-state index contributed by atoms with van der Waals surface area (Å²) in [4.78, 5) is 36.7. The van der Waals surface area contributed by atoms with Crippen molar-refractivity contribution in [3.63, 3.8) is 0 Å². The lowest BCUT2D eigenvalue weighted by molar-refractivity contribution is -0.147. The Hall–Kier alpha value is -1.95. The molecule has 21 heavy (non-hydrogen) atoms. The van der Waals surface area contributed by atoms with Gasteiger partial charge in [-0.15, -0.1) is 0 Å². The predicted octanol–water partition coefficient (Wildman–Crippen LogP) is 1.73. The Balaban J connectivity index is 2.16. The van der Waals surface area contributed by atoms with Gasteiger partial charge in [-0.2, -0.15) is 0 Å². The topological polar surface area (TPSA) is 66.5 Å². The third kappa shape index (κ3) is 3.58. The second-order valence-electron chi connectivity index (χ2n) is 4.66. The van der Waals surface area contributed by atoms with E-state index < -0.39 is 17.9 Å². The first kappa shape index (κ1) is 15.4. The van der Waals surface area contributed by atoms with Crippen LogP contribution in [-0.4, -0.2) is 35.2 Å². The molecule has 0 bridgehead atoms. The van der Waals surface area contributed by atoms with Crippen molar-refractivity contribution in [1.82, 2.24) is 10.2 Å². The Morgan fingerprint density at radius 3 is 2.81 bits per heavy atom. The Bertz CT molecular complexity index is 613. The van der Waals surface area contributed by atoms with Crippen molar-refractivity contribution in [3.05, 3.63) is 40.4 Å². The van der Waals surface area contributed by atoms with E-state index >= 15 is 0 Å². The molecule has 0 aromatic heterocycles. The van der Waals surface area contributed by atoms with Crippen LogP contribution in [0.1, 0.15) is 18.9 Å². The molecule has 1 aliphatic heterocycles. The summed E-state index contributed by atoms with van der Waals surface area (Å²) in [5.74, 6) is -1.22. The van der Waals surface area contributed by atoms with Gasteiger partial charge in [0.2, 0.25) is 17.7 Å². The number of nitrogens with one attached hydrogen (secondary N) is 1. The summed E-state index contributed by atoms with van der Waals surface area (Å²) < 4.78 is 0.869. The molecular weight excluding hydrogens is 336 g/mol. The van der Waals surface area contributed by atoms with Gasteiger partial charge >= 0.3 is 0 Å². The monoisotopic (exact) mass is 350 g/mol. The van der Waals surface area contributed by atoms with Crippen molar-refractivity contribution in [3.8, 4) is 0 Å². The SMILES string of the molecule is CCC1C(=O)NC(=O)CN1C(=O)C=Cc1ccccc1Br. The highest BCUT2D eigenvalue weighted by molar-refractivity contribution is 9.10. The van der Waals surface area contributed by atoms with Crippen molar-refractivity contribution >= 4 is 39.7 Å². The smallest absolute Gasteiger partial charge is 0.249 e. The van der Waals surface area contributed by atoms with Crippen LogP contribution in [0.5, 0.6) is 0 Å². The van der Waals surface area contributed by atoms with Gasteiger partial charge in [0.1, 0.15) is 12.6 Å². The van der Waals surface area contributed by atoms with Crippen molar-refractivity contribution in [2.24, 2.45) is 0 Å². The van der Waals surface area contributed by atoms with E-state index in [1.165, 1.54) is 11.0 Å². The van der Waals surface area contributed by atoms with Crippen LogP contribution in [-0.2, 0) is 14.4 Å². The minimum atomic E-state index is -0.598. The highest BCUT2D eigenvalue weighted by Gasteiger charge is 2.34. The molecule has 5 nitrogen and oxygen atoms in total. The van der Waals surface area contributed by atoms with Crippen molar-refractivity contribution < 1.29 is 14.4 Å². The zero-order valence-electron chi connectivity index (χ0n) is 11.5. The van der Waals surface area contributed by atoms with E-state index in [4.69, 9.17) is 0 Å². The second kappa shape index (κ2) is 6.67. The Kier molecular flexibility index (Phi) is 4.90. The molecule has 0 aliphatic carbocycles. The van der Waals surface area contributed by atoms with Gasteiger partial charge in [0.05, 0.1) is 0 Å². The summed E-state index contributed by atoms with van der Waals surface area (Å²) in [6, 6.07) is 6.88. The fourth-order valence-corrected chi connectivity index (χ4v) is 2.59. The highest BCUT2D eigenvalue weighted by Crippen LogP contribution is 2.18. The number of amides is 3. The summed E-state index contributed by atoms with van der Waals surface area (Å²) in [6.45, 7) is 1.71. The number of carbonyl (C=O) groups is 3. The molecule has 2 rings (SSSR count). The molecular formula is C15H15BrN2O3. The minimum Gasteiger partial charge on any atom is -0.318 e. The van der Waals surface area contributed by atoms with Gasteiger partial charge in [0, 0.05) is 10.5 Å². The normalized spacial score (nSPS) is 19.0. The van der Waals surface area contributed by atoms with Crippen LogP contribution in [0.3, 0.4) is 0 Å². The van der Waals surface area contributed by atoms with E-state index in [0.717, 1.165) is 10.0 Å². The third-order valence-corrected chi connectivity index (χ3v) is 3.96. The first-order valence-corrected chi connectivity index (χ1v) is 7.39. The molecule has 6 heteroatoms. The van der Waals surface area contributed by atoms with E-state index in [1.807, 2.05) is 24.3 Å². The van der Waals surface area contributed by atoms with Gasteiger partial charge < -0.3 is 4.90 Å². The van der Waals surface area contributed by atoms with Crippen molar-refractivity contribution in [1.29, 1.82) is 0 Å². The molecule has 0 saturated carbocycles. The first-order chi connectivity index (χ1) is 10.0. The molecule has 110 valence electrons. The lowest BCUT2D eigenvalue weighted by atomic mass is 10.1. The Labute approximate surface area is 131 Å². The lowest BCUT2D eigenvalue weighted by Gasteiger charge is -2.32. The maximum Gasteiger partial charge on any atom is 0.249 e. The molecule has 1 unspecified atom stereocenters. The van der Waals surface area contributed by atoms with Gasteiger partial charge in [-0.1, -0.05) is 41.1 Å². The molecule has 1 N–H and O–H groups in total. The van der Waals surface area contributed by atoms with E-state index in [0.29, 0.717) is 6.42 Å².